The maximum absolute atomic E-state index is 12.2. The molecular formula is C28H26N4O3. The summed E-state index contributed by atoms with van der Waals surface area (Å²) in [5.41, 5.74) is 4.90. The smallest absolute Gasteiger partial charge is 0.338 e. The molecule has 7 nitrogen and oxygen atoms in total. The van der Waals surface area contributed by atoms with Gasteiger partial charge in [0.25, 0.3) is 0 Å². The summed E-state index contributed by atoms with van der Waals surface area (Å²) in [6.07, 6.45) is 0. The standard InChI is InChI=1S/C28H26N4O3/c1-4-35-28(34)19-11-13-23-24(15-19)31-27(33)25(23)26(18-8-6-5-7-9-18)30-22-12-10-20(17-32(2)3)21(14-22)16-29/h5-15,31,33H,4,17H2,1-3H3. The van der Waals surface area contributed by atoms with Crippen LogP contribution in [0.5, 0.6) is 5.88 Å². The van der Waals surface area contributed by atoms with Crippen molar-refractivity contribution in [2.24, 2.45) is 4.99 Å². The Hall–Kier alpha value is -4.41. The molecule has 2 N–H and O–H groups in total. The number of hydrogen-bond donors (Lipinski definition) is 2. The Labute approximate surface area is 203 Å². The number of aromatic amines is 1. The number of aromatic nitrogens is 1. The van der Waals surface area contributed by atoms with Gasteiger partial charge in [0, 0.05) is 23.0 Å². The first kappa shape index (κ1) is 23.7. The van der Waals surface area contributed by atoms with E-state index in [0.29, 0.717) is 45.5 Å². The van der Waals surface area contributed by atoms with Crippen LogP contribution < -0.4 is 0 Å². The third-order valence-electron chi connectivity index (χ3n) is 5.52. The SMILES string of the molecule is CCOC(=O)c1ccc2c(C(=Nc3ccc(CN(C)C)c(C#N)c3)c3ccccc3)c(O)[nH]c2c1. The molecular weight excluding hydrogens is 440 g/mol. The van der Waals surface area contributed by atoms with E-state index in [1.807, 2.05) is 61.5 Å². The van der Waals surface area contributed by atoms with E-state index < -0.39 is 5.97 Å². The molecule has 0 aliphatic carbocycles. The summed E-state index contributed by atoms with van der Waals surface area (Å²) in [5.74, 6) is -0.489. The molecule has 35 heavy (non-hydrogen) atoms. The number of carbonyl (C=O) groups is 1. The number of esters is 1. The summed E-state index contributed by atoms with van der Waals surface area (Å²) in [5, 5.41) is 21.3. The molecule has 0 atom stereocenters. The molecule has 0 saturated carbocycles. The maximum atomic E-state index is 12.2. The third-order valence-corrected chi connectivity index (χ3v) is 5.52. The number of H-pyrrole nitrogens is 1. The molecule has 3 aromatic carbocycles. The minimum atomic E-state index is -0.427. The molecule has 176 valence electrons. The van der Waals surface area contributed by atoms with Crippen LogP contribution in [0.1, 0.15) is 39.5 Å². The fourth-order valence-electron chi connectivity index (χ4n) is 3.97. The van der Waals surface area contributed by atoms with Crippen LogP contribution in [0.25, 0.3) is 10.9 Å². The van der Waals surface area contributed by atoms with E-state index in [-0.39, 0.29) is 12.5 Å². The number of nitrogens with zero attached hydrogens (tertiary/aromatic N) is 3. The first-order valence-corrected chi connectivity index (χ1v) is 11.2. The van der Waals surface area contributed by atoms with Crippen molar-refractivity contribution in [2.45, 2.75) is 13.5 Å². The Kier molecular flexibility index (Phi) is 6.95. The van der Waals surface area contributed by atoms with Gasteiger partial charge in [0.15, 0.2) is 5.88 Å². The number of nitriles is 1. The van der Waals surface area contributed by atoms with Crippen LogP contribution in [-0.4, -0.2) is 47.4 Å². The number of aliphatic imine (C=N–C) groups is 1. The lowest BCUT2D eigenvalue weighted by molar-refractivity contribution is 0.0526. The first-order valence-electron chi connectivity index (χ1n) is 11.2. The predicted octanol–water partition coefficient (Wildman–Crippen LogP) is 5.15. The van der Waals surface area contributed by atoms with Gasteiger partial charge in [-0.15, -0.1) is 0 Å². The van der Waals surface area contributed by atoms with Crippen LogP contribution >= 0.6 is 0 Å². The van der Waals surface area contributed by atoms with Crippen LogP contribution in [0.15, 0.2) is 71.7 Å². The lowest BCUT2D eigenvalue weighted by atomic mass is 10.00. The van der Waals surface area contributed by atoms with Gasteiger partial charge in [0.2, 0.25) is 0 Å². The number of ether oxygens (including phenoxy) is 1. The molecule has 1 aromatic heterocycles. The molecule has 0 bridgehead atoms. The summed E-state index contributed by atoms with van der Waals surface area (Å²) in [6, 6.07) is 22.4. The highest BCUT2D eigenvalue weighted by atomic mass is 16.5. The summed E-state index contributed by atoms with van der Waals surface area (Å²) in [6.45, 7) is 2.67. The number of benzene rings is 3. The van der Waals surface area contributed by atoms with Crippen molar-refractivity contribution in [2.75, 3.05) is 20.7 Å². The van der Waals surface area contributed by atoms with Gasteiger partial charge in [-0.25, -0.2) is 9.79 Å². The Morgan fingerprint density at radius 1 is 1.09 bits per heavy atom. The molecule has 0 unspecified atom stereocenters. The zero-order valence-electron chi connectivity index (χ0n) is 19.9. The molecule has 0 spiro atoms. The topological polar surface area (TPSA) is 102 Å². The van der Waals surface area contributed by atoms with Gasteiger partial charge in [0.1, 0.15) is 0 Å². The van der Waals surface area contributed by atoms with Gasteiger partial charge in [-0.05, 0) is 50.8 Å². The molecule has 4 aromatic rings. The lowest BCUT2D eigenvalue weighted by Gasteiger charge is -2.12. The van der Waals surface area contributed by atoms with Gasteiger partial charge >= 0.3 is 5.97 Å². The van der Waals surface area contributed by atoms with Crippen molar-refractivity contribution in [3.8, 4) is 11.9 Å². The average Bonchev–Trinajstić information content (AvgIpc) is 3.18. The van der Waals surface area contributed by atoms with Crippen molar-refractivity contribution in [1.29, 1.82) is 5.26 Å². The second-order valence-corrected chi connectivity index (χ2v) is 8.35. The number of nitrogens with one attached hydrogen (secondary N) is 1. The quantitative estimate of drug-likeness (QED) is 0.290. The van der Waals surface area contributed by atoms with Crippen molar-refractivity contribution in [1.82, 2.24) is 9.88 Å². The number of hydrogen-bond acceptors (Lipinski definition) is 6. The number of aromatic hydroxyl groups is 1. The van der Waals surface area contributed by atoms with Crippen molar-refractivity contribution >= 4 is 28.3 Å². The highest BCUT2D eigenvalue weighted by Gasteiger charge is 2.20. The third kappa shape index (κ3) is 5.08. The molecule has 4 rings (SSSR count). The van der Waals surface area contributed by atoms with E-state index in [1.165, 1.54) is 0 Å². The summed E-state index contributed by atoms with van der Waals surface area (Å²) in [4.78, 5) is 22.0. The minimum absolute atomic E-state index is 0.0617. The Morgan fingerprint density at radius 3 is 2.54 bits per heavy atom. The number of fused-ring (bicyclic) bond motifs is 1. The molecule has 0 aliphatic rings. The van der Waals surface area contributed by atoms with Gasteiger partial charge in [-0.1, -0.05) is 42.5 Å². The Bertz CT molecular complexity index is 1450. The molecule has 0 aliphatic heterocycles. The van der Waals surface area contributed by atoms with Crippen LogP contribution in [0.4, 0.5) is 5.69 Å². The van der Waals surface area contributed by atoms with E-state index >= 15 is 0 Å². The number of rotatable bonds is 7. The zero-order chi connectivity index (χ0) is 24.9. The van der Waals surface area contributed by atoms with Crippen LogP contribution in [0.3, 0.4) is 0 Å². The second-order valence-electron chi connectivity index (χ2n) is 8.35. The van der Waals surface area contributed by atoms with Crippen molar-refractivity contribution in [3.63, 3.8) is 0 Å². The maximum Gasteiger partial charge on any atom is 0.338 e. The Morgan fingerprint density at radius 2 is 1.86 bits per heavy atom. The normalized spacial score (nSPS) is 11.6. The molecule has 0 amide bonds. The van der Waals surface area contributed by atoms with Crippen molar-refractivity contribution in [3.05, 3.63) is 94.5 Å². The fraction of sp³-hybridized carbons (Fsp3) is 0.179. The van der Waals surface area contributed by atoms with Crippen LogP contribution in [-0.2, 0) is 11.3 Å². The Balaban J connectivity index is 1.88. The zero-order valence-corrected chi connectivity index (χ0v) is 19.9. The van der Waals surface area contributed by atoms with E-state index in [1.54, 1.807) is 31.2 Å². The van der Waals surface area contributed by atoms with E-state index in [2.05, 4.69) is 11.1 Å². The largest absolute Gasteiger partial charge is 0.494 e. The average molecular weight is 467 g/mol. The number of carbonyl (C=O) groups excluding carboxylic acids is 1. The molecule has 1 heterocycles. The molecule has 0 fully saturated rings. The summed E-state index contributed by atoms with van der Waals surface area (Å²) < 4.78 is 5.10. The molecule has 7 heteroatoms. The van der Waals surface area contributed by atoms with Gasteiger partial charge in [0.05, 0.1) is 40.8 Å². The highest BCUT2D eigenvalue weighted by molar-refractivity contribution is 6.22. The van der Waals surface area contributed by atoms with E-state index in [9.17, 15) is 15.2 Å². The summed E-state index contributed by atoms with van der Waals surface area (Å²) >= 11 is 0. The first-order chi connectivity index (χ1) is 16.9. The van der Waals surface area contributed by atoms with Gasteiger partial charge in [-0.2, -0.15) is 5.26 Å². The second kappa shape index (κ2) is 10.2. The van der Waals surface area contributed by atoms with E-state index in [4.69, 9.17) is 9.73 Å². The molecule has 0 saturated heterocycles. The van der Waals surface area contributed by atoms with Gasteiger partial charge in [-0.3, -0.25) is 0 Å². The van der Waals surface area contributed by atoms with Gasteiger partial charge < -0.3 is 19.7 Å². The van der Waals surface area contributed by atoms with E-state index in [0.717, 1.165) is 11.1 Å². The monoisotopic (exact) mass is 466 g/mol. The highest BCUT2D eigenvalue weighted by Crippen LogP contribution is 2.32. The van der Waals surface area contributed by atoms with Crippen LogP contribution in [0.2, 0.25) is 0 Å². The summed E-state index contributed by atoms with van der Waals surface area (Å²) in [7, 11) is 3.90. The fourth-order valence-corrected chi connectivity index (χ4v) is 3.97. The predicted molar refractivity (Wildman–Crippen MR) is 136 cm³/mol. The molecule has 0 radical (unpaired) electrons. The van der Waals surface area contributed by atoms with Crippen molar-refractivity contribution < 1.29 is 14.6 Å². The minimum Gasteiger partial charge on any atom is -0.494 e. The lowest BCUT2D eigenvalue weighted by Crippen LogP contribution is -2.11. The van der Waals surface area contributed by atoms with Crippen LogP contribution in [0, 0.1) is 11.3 Å².